The van der Waals surface area contributed by atoms with E-state index >= 15 is 0 Å². The molecule has 20 heavy (non-hydrogen) atoms. The minimum atomic E-state index is -0.0909. The Hall–Kier alpha value is -1.13. The number of carbonyl (C=O) groups is 1. The quantitative estimate of drug-likeness (QED) is 0.881. The van der Waals surface area contributed by atoms with Crippen LogP contribution >= 0.6 is 11.6 Å². The molecule has 1 saturated carbocycles. The molecule has 0 bridgehead atoms. The molecule has 5 heteroatoms. The molecule has 2 aliphatic rings. The number of rotatable bonds is 2. The van der Waals surface area contributed by atoms with Gasteiger partial charge >= 0.3 is 0 Å². The fourth-order valence-electron chi connectivity index (χ4n) is 3.36. The smallest absolute Gasteiger partial charge is 0.242 e. The number of hydrogen-bond acceptors (Lipinski definition) is 3. The molecule has 2 fully saturated rings. The zero-order valence-corrected chi connectivity index (χ0v) is 12.2. The molecule has 108 valence electrons. The van der Waals surface area contributed by atoms with E-state index in [0.29, 0.717) is 16.9 Å². The Kier molecular flexibility index (Phi) is 4.22. The number of halogens is 1. The highest BCUT2D eigenvalue weighted by Gasteiger charge is 2.34. The summed E-state index contributed by atoms with van der Waals surface area (Å²) in [7, 11) is 0. The summed E-state index contributed by atoms with van der Waals surface area (Å²) in [5.41, 5.74) is 0. The van der Waals surface area contributed by atoms with Crippen LogP contribution in [-0.4, -0.2) is 23.0 Å². The highest BCUT2D eigenvalue weighted by atomic mass is 35.5. The number of carbonyl (C=O) groups excluding carboxylic acids is 1. The minimum Gasteiger partial charge on any atom is -0.309 e. The van der Waals surface area contributed by atoms with E-state index < -0.39 is 0 Å². The van der Waals surface area contributed by atoms with Gasteiger partial charge in [-0.25, -0.2) is 4.98 Å². The summed E-state index contributed by atoms with van der Waals surface area (Å²) in [5.74, 6) is 1.34. The van der Waals surface area contributed by atoms with Crippen molar-refractivity contribution in [1.82, 2.24) is 10.3 Å². The van der Waals surface area contributed by atoms with E-state index in [0.717, 1.165) is 18.8 Å². The average Bonchev–Trinajstić information content (AvgIpc) is 2.49. The number of aromatic nitrogens is 1. The first-order valence-corrected chi connectivity index (χ1v) is 7.78. The molecule has 2 heterocycles. The standard InChI is InChI=1S/C15H20ClN3O/c16-11-6-8-14(17-9-11)19-15(20)13-7-5-10-3-1-2-4-12(10)18-13/h6,8-10,12-13,18H,1-5,7H2,(H,17,19,20). The molecule has 1 aromatic heterocycles. The number of hydrogen-bond donors (Lipinski definition) is 2. The average molecular weight is 294 g/mol. The molecular formula is C15H20ClN3O. The third-order valence-corrected chi connectivity index (χ3v) is 4.67. The Balaban J connectivity index is 1.58. The molecule has 0 aromatic carbocycles. The number of piperidine rings is 1. The molecule has 0 radical (unpaired) electrons. The van der Waals surface area contributed by atoms with Crippen LogP contribution in [0, 0.1) is 5.92 Å². The molecule has 4 nitrogen and oxygen atoms in total. The number of anilines is 1. The molecule has 1 saturated heterocycles. The first-order valence-electron chi connectivity index (χ1n) is 7.41. The van der Waals surface area contributed by atoms with Crippen LogP contribution in [0.15, 0.2) is 18.3 Å². The number of pyridine rings is 1. The topological polar surface area (TPSA) is 54.0 Å². The number of fused-ring (bicyclic) bond motifs is 1. The van der Waals surface area contributed by atoms with Gasteiger partial charge in [0.05, 0.1) is 11.1 Å². The summed E-state index contributed by atoms with van der Waals surface area (Å²) in [5, 5.41) is 6.96. The van der Waals surface area contributed by atoms with Crippen LogP contribution < -0.4 is 10.6 Å². The Labute approximate surface area is 124 Å². The largest absolute Gasteiger partial charge is 0.309 e. The first kappa shape index (κ1) is 13.8. The van der Waals surface area contributed by atoms with Crippen LogP contribution in [0.25, 0.3) is 0 Å². The maximum atomic E-state index is 12.3. The normalized spacial score (nSPS) is 29.6. The maximum Gasteiger partial charge on any atom is 0.242 e. The van der Waals surface area contributed by atoms with Gasteiger partial charge in [0.25, 0.3) is 0 Å². The van der Waals surface area contributed by atoms with Crippen molar-refractivity contribution in [2.24, 2.45) is 5.92 Å². The zero-order valence-electron chi connectivity index (χ0n) is 11.4. The molecular weight excluding hydrogens is 274 g/mol. The molecule has 1 amide bonds. The second-order valence-electron chi connectivity index (χ2n) is 5.80. The van der Waals surface area contributed by atoms with Crippen molar-refractivity contribution in [2.45, 2.75) is 50.6 Å². The Bertz CT molecular complexity index is 477. The summed E-state index contributed by atoms with van der Waals surface area (Å²) >= 11 is 5.79. The number of amides is 1. The molecule has 1 aliphatic heterocycles. The van der Waals surface area contributed by atoms with E-state index in [9.17, 15) is 4.79 Å². The monoisotopic (exact) mass is 293 g/mol. The summed E-state index contributed by atoms with van der Waals surface area (Å²) in [6, 6.07) is 3.89. The summed E-state index contributed by atoms with van der Waals surface area (Å²) < 4.78 is 0. The Morgan fingerprint density at radius 1 is 1.25 bits per heavy atom. The van der Waals surface area contributed by atoms with Gasteiger partial charge in [0.1, 0.15) is 5.82 Å². The predicted octanol–water partition coefficient (Wildman–Crippen LogP) is 2.98. The zero-order chi connectivity index (χ0) is 13.9. The lowest BCUT2D eigenvalue weighted by Gasteiger charge is -2.39. The van der Waals surface area contributed by atoms with Gasteiger partial charge in [0, 0.05) is 12.2 Å². The molecule has 1 aliphatic carbocycles. The lowest BCUT2D eigenvalue weighted by molar-refractivity contribution is -0.119. The Morgan fingerprint density at radius 3 is 2.90 bits per heavy atom. The minimum absolute atomic E-state index is 0.0174. The van der Waals surface area contributed by atoms with E-state index in [-0.39, 0.29) is 11.9 Å². The molecule has 3 rings (SSSR count). The summed E-state index contributed by atoms with van der Waals surface area (Å²) in [6.07, 6.45) is 8.75. The van der Waals surface area contributed by atoms with Crippen LogP contribution in [0.5, 0.6) is 0 Å². The maximum absolute atomic E-state index is 12.3. The highest BCUT2D eigenvalue weighted by molar-refractivity contribution is 6.30. The number of nitrogens with zero attached hydrogens (tertiary/aromatic N) is 1. The van der Waals surface area contributed by atoms with E-state index in [4.69, 9.17) is 11.6 Å². The van der Waals surface area contributed by atoms with Gasteiger partial charge in [-0.15, -0.1) is 0 Å². The van der Waals surface area contributed by atoms with E-state index in [1.54, 1.807) is 18.3 Å². The van der Waals surface area contributed by atoms with Crippen LogP contribution in [0.3, 0.4) is 0 Å². The third-order valence-electron chi connectivity index (χ3n) is 4.45. The lowest BCUT2D eigenvalue weighted by Crippen LogP contribution is -2.53. The molecule has 2 N–H and O–H groups in total. The number of nitrogens with one attached hydrogen (secondary N) is 2. The fraction of sp³-hybridized carbons (Fsp3) is 0.600. The van der Waals surface area contributed by atoms with Gasteiger partial charge in [-0.3, -0.25) is 4.79 Å². The van der Waals surface area contributed by atoms with Crippen LogP contribution in [0.1, 0.15) is 38.5 Å². The second kappa shape index (κ2) is 6.10. The van der Waals surface area contributed by atoms with Gasteiger partial charge in [0.2, 0.25) is 5.91 Å². The van der Waals surface area contributed by atoms with Gasteiger partial charge in [-0.05, 0) is 43.7 Å². The fourth-order valence-corrected chi connectivity index (χ4v) is 3.48. The van der Waals surface area contributed by atoms with Crippen molar-refractivity contribution in [1.29, 1.82) is 0 Å². The molecule has 0 spiro atoms. The molecule has 3 atom stereocenters. The highest BCUT2D eigenvalue weighted by Crippen LogP contribution is 2.32. The Morgan fingerprint density at radius 2 is 2.10 bits per heavy atom. The van der Waals surface area contributed by atoms with E-state index in [1.165, 1.54) is 25.7 Å². The van der Waals surface area contributed by atoms with Crippen molar-refractivity contribution in [2.75, 3.05) is 5.32 Å². The van der Waals surface area contributed by atoms with Crippen LogP contribution in [-0.2, 0) is 4.79 Å². The first-order chi connectivity index (χ1) is 9.72. The van der Waals surface area contributed by atoms with Gasteiger partial charge in [-0.1, -0.05) is 24.4 Å². The van der Waals surface area contributed by atoms with E-state index in [2.05, 4.69) is 15.6 Å². The van der Waals surface area contributed by atoms with Crippen molar-refractivity contribution < 1.29 is 4.79 Å². The third kappa shape index (κ3) is 3.13. The van der Waals surface area contributed by atoms with Crippen molar-refractivity contribution in [3.05, 3.63) is 23.4 Å². The van der Waals surface area contributed by atoms with Crippen LogP contribution in [0.4, 0.5) is 5.82 Å². The van der Waals surface area contributed by atoms with Gasteiger partial charge in [0.15, 0.2) is 0 Å². The van der Waals surface area contributed by atoms with Crippen molar-refractivity contribution >= 4 is 23.3 Å². The van der Waals surface area contributed by atoms with Gasteiger partial charge < -0.3 is 10.6 Å². The second-order valence-corrected chi connectivity index (χ2v) is 6.23. The predicted molar refractivity (Wildman–Crippen MR) is 79.8 cm³/mol. The summed E-state index contributed by atoms with van der Waals surface area (Å²) in [6.45, 7) is 0. The van der Waals surface area contributed by atoms with Crippen molar-refractivity contribution in [3.63, 3.8) is 0 Å². The SMILES string of the molecule is O=C(Nc1ccc(Cl)cn1)C1CCC2CCCCC2N1. The van der Waals surface area contributed by atoms with Crippen LogP contribution in [0.2, 0.25) is 5.02 Å². The molecule has 3 unspecified atom stereocenters. The van der Waals surface area contributed by atoms with Crippen molar-refractivity contribution in [3.8, 4) is 0 Å². The lowest BCUT2D eigenvalue weighted by atomic mass is 9.77. The molecule has 1 aromatic rings. The summed E-state index contributed by atoms with van der Waals surface area (Å²) in [4.78, 5) is 16.4. The van der Waals surface area contributed by atoms with Gasteiger partial charge in [-0.2, -0.15) is 0 Å². The van der Waals surface area contributed by atoms with E-state index in [1.807, 2.05) is 0 Å².